The van der Waals surface area contributed by atoms with E-state index in [1.165, 1.54) is 10.6 Å². The van der Waals surface area contributed by atoms with Crippen molar-refractivity contribution in [1.29, 1.82) is 0 Å². The molecule has 0 atom stereocenters. The van der Waals surface area contributed by atoms with Gasteiger partial charge in [0, 0.05) is 13.1 Å². The number of fused-ring (bicyclic) bond motifs is 1. The number of nitrogens with zero attached hydrogens (tertiary/aromatic N) is 5. The molecular weight excluding hydrogens is 340 g/mol. The Bertz CT molecular complexity index is 985. The fourth-order valence-electron chi connectivity index (χ4n) is 3.16. The fourth-order valence-corrected chi connectivity index (χ4v) is 3.16. The van der Waals surface area contributed by atoms with E-state index in [0.717, 1.165) is 13.0 Å². The van der Waals surface area contributed by atoms with Gasteiger partial charge in [0.05, 0.1) is 12.2 Å². The molecule has 0 bridgehead atoms. The van der Waals surface area contributed by atoms with Crippen LogP contribution in [0.4, 0.5) is 14.6 Å². The minimum atomic E-state index is -0.585. The second kappa shape index (κ2) is 6.80. The minimum absolute atomic E-state index is 0.314. The molecule has 4 rings (SSSR count). The summed E-state index contributed by atoms with van der Waals surface area (Å²) in [5, 5.41) is 21.7. The summed E-state index contributed by atoms with van der Waals surface area (Å²) in [6.45, 7) is 0.498. The molecule has 1 N–H and O–H groups in total. The maximum atomic E-state index is 14.1. The molecule has 0 spiro atoms. The predicted molar refractivity (Wildman–Crippen MR) is 92.8 cm³/mol. The van der Waals surface area contributed by atoms with Gasteiger partial charge in [-0.05, 0) is 42.7 Å². The highest BCUT2D eigenvalue weighted by molar-refractivity contribution is 5.60. The van der Waals surface area contributed by atoms with Gasteiger partial charge in [0.2, 0.25) is 0 Å². The van der Waals surface area contributed by atoms with Crippen LogP contribution in [0.3, 0.4) is 0 Å². The standard InChI is InChI=1S/C18H17F2N5O/c19-14-6-2-1-5-13(14)18-22-21-16-7-8-17(23-25(16)18)24-9-3-4-12(10-24)15(20)11-26/h1-2,5-8,26H,3-4,9-11H2/b15-12+. The summed E-state index contributed by atoms with van der Waals surface area (Å²) in [5.74, 6) is 0.0569. The van der Waals surface area contributed by atoms with Gasteiger partial charge in [-0.3, -0.25) is 0 Å². The lowest BCUT2D eigenvalue weighted by atomic mass is 10.0. The number of hydrogen-bond acceptors (Lipinski definition) is 5. The summed E-state index contributed by atoms with van der Waals surface area (Å²) in [4.78, 5) is 1.93. The van der Waals surface area contributed by atoms with Crippen LogP contribution in [-0.4, -0.2) is 44.6 Å². The van der Waals surface area contributed by atoms with Crippen molar-refractivity contribution in [2.75, 3.05) is 24.6 Å². The fraction of sp³-hybridized carbons (Fsp3) is 0.278. The SMILES string of the molecule is OC/C(F)=C1/CCCN(c2ccc3nnc(-c4ccccc4F)n3n2)C1. The van der Waals surface area contributed by atoms with E-state index in [4.69, 9.17) is 5.11 Å². The summed E-state index contributed by atoms with van der Waals surface area (Å²) in [6, 6.07) is 9.86. The second-order valence-corrected chi connectivity index (χ2v) is 6.16. The number of aliphatic hydroxyl groups excluding tert-OH is 1. The van der Waals surface area contributed by atoms with Crippen LogP contribution in [0.15, 0.2) is 47.8 Å². The number of piperidine rings is 1. The molecular formula is C18H17F2N5O. The van der Waals surface area contributed by atoms with Crippen LogP contribution >= 0.6 is 0 Å². The monoisotopic (exact) mass is 357 g/mol. The lowest BCUT2D eigenvalue weighted by Gasteiger charge is -2.29. The Kier molecular flexibility index (Phi) is 4.34. The molecule has 0 saturated carbocycles. The number of benzene rings is 1. The smallest absolute Gasteiger partial charge is 0.188 e. The van der Waals surface area contributed by atoms with Crippen LogP contribution in [0, 0.1) is 5.82 Å². The topological polar surface area (TPSA) is 66.5 Å². The van der Waals surface area contributed by atoms with Crippen molar-refractivity contribution < 1.29 is 13.9 Å². The number of aliphatic hydroxyl groups is 1. The summed E-state index contributed by atoms with van der Waals surface area (Å²) < 4.78 is 29.4. The van der Waals surface area contributed by atoms with E-state index in [-0.39, 0.29) is 0 Å². The van der Waals surface area contributed by atoms with E-state index in [0.29, 0.717) is 41.4 Å². The molecule has 1 aliphatic heterocycles. The van der Waals surface area contributed by atoms with Crippen molar-refractivity contribution in [2.24, 2.45) is 0 Å². The first-order valence-corrected chi connectivity index (χ1v) is 8.37. The van der Waals surface area contributed by atoms with Gasteiger partial charge in [-0.15, -0.1) is 15.3 Å². The predicted octanol–water partition coefficient (Wildman–Crippen LogP) is 2.75. The molecule has 0 aliphatic carbocycles. The summed E-state index contributed by atoms with van der Waals surface area (Å²) in [6.07, 6.45) is 1.39. The third-order valence-corrected chi connectivity index (χ3v) is 4.50. The summed E-state index contributed by atoms with van der Waals surface area (Å²) >= 11 is 0. The highest BCUT2D eigenvalue weighted by Crippen LogP contribution is 2.26. The Hall–Kier alpha value is -2.87. The molecule has 1 fully saturated rings. The summed E-state index contributed by atoms with van der Waals surface area (Å²) in [7, 11) is 0. The molecule has 26 heavy (non-hydrogen) atoms. The molecule has 8 heteroatoms. The number of aromatic nitrogens is 4. The lowest BCUT2D eigenvalue weighted by molar-refractivity contribution is 0.293. The van der Waals surface area contributed by atoms with Gasteiger partial charge in [-0.1, -0.05) is 12.1 Å². The van der Waals surface area contributed by atoms with Crippen LogP contribution in [-0.2, 0) is 0 Å². The average Bonchev–Trinajstić information content (AvgIpc) is 3.11. The number of hydrogen-bond donors (Lipinski definition) is 1. The molecule has 3 aromatic rings. The van der Waals surface area contributed by atoms with Crippen molar-refractivity contribution in [2.45, 2.75) is 12.8 Å². The van der Waals surface area contributed by atoms with Gasteiger partial charge in [-0.25, -0.2) is 8.78 Å². The Labute approximate surface area is 148 Å². The summed E-state index contributed by atoms with van der Waals surface area (Å²) in [5.41, 5.74) is 1.40. The number of rotatable bonds is 3. The third kappa shape index (κ3) is 2.92. The zero-order chi connectivity index (χ0) is 18.1. The molecule has 1 aliphatic rings. The normalized spacial score (nSPS) is 17.0. The maximum absolute atomic E-state index is 14.1. The Morgan fingerprint density at radius 1 is 1.15 bits per heavy atom. The van der Waals surface area contributed by atoms with Gasteiger partial charge in [0.1, 0.15) is 17.5 Å². The molecule has 1 saturated heterocycles. The number of halogens is 2. The Morgan fingerprint density at radius 3 is 2.81 bits per heavy atom. The van der Waals surface area contributed by atoms with Gasteiger partial charge >= 0.3 is 0 Å². The molecule has 0 radical (unpaired) electrons. The van der Waals surface area contributed by atoms with E-state index in [9.17, 15) is 8.78 Å². The van der Waals surface area contributed by atoms with Crippen LogP contribution in [0.5, 0.6) is 0 Å². The third-order valence-electron chi connectivity index (χ3n) is 4.50. The van der Waals surface area contributed by atoms with E-state index in [1.807, 2.05) is 4.90 Å². The van der Waals surface area contributed by atoms with E-state index in [1.54, 1.807) is 30.3 Å². The molecule has 0 amide bonds. The van der Waals surface area contributed by atoms with Crippen molar-refractivity contribution in [1.82, 2.24) is 19.8 Å². The largest absolute Gasteiger partial charge is 0.389 e. The Morgan fingerprint density at radius 2 is 2.00 bits per heavy atom. The first-order valence-electron chi connectivity index (χ1n) is 8.37. The van der Waals surface area contributed by atoms with Crippen molar-refractivity contribution in [3.05, 3.63) is 53.6 Å². The molecule has 2 aromatic heterocycles. The zero-order valence-corrected chi connectivity index (χ0v) is 13.9. The first kappa shape index (κ1) is 16.6. The average molecular weight is 357 g/mol. The molecule has 3 heterocycles. The van der Waals surface area contributed by atoms with Crippen LogP contribution < -0.4 is 4.90 Å². The molecule has 134 valence electrons. The zero-order valence-electron chi connectivity index (χ0n) is 13.9. The minimum Gasteiger partial charge on any atom is -0.389 e. The molecule has 6 nitrogen and oxygen atoms in total. The lowest BCUT2D eigenvalue weighted by Crippen LogP contribution is -2.32. The van der Waals surface area contributed by atoms with Crippen LogP contribution in [0.25, 0.3) is 17.0 Å². The van der Waals surface area contributed by atoms with E-state index in [2.05, 4.69) is 15.3 Å². The maximum Gasteiger partial charge on any atom is 0.188 e. The first-order chi connectivity index (χ1) is 12.7. The highest BCUT2D eigenvalue weighted by atomic mass is 19.1. The number of anilines is 1. The van der Waals surface area contributed by atoms with Gasteiger partial charge in [0.15, 0.2) is 11.5 Å². The van der Waals surface area contributed by atoms with Gasteiger partial charge < -0.3 is 10.0 Å². The van der Waals surface area contributed by atoms with Crippen LogP contribution in [0.1, 0.15) is 12.8 Å². The Balaban J connectivity index is 1.74. The second-order valence-electron chi connectivity index (χ2n) is 6.16. The van der Waals surface area contributed by atoms with E-state index >= 15 is 0 Å². The van der Waals surface area contributed by atoms with Crippen molar-refractivity contribution >= 4 is 11.5 Å². The van der Waals surface area contributed by atoms with Crippen molar-refractivity contribution in [3.63, 3.8) is 0 Å². The molecule has 1 aromatic carbocycles. The van der Waals surface area contributed by atoms with Crippen LogP contribution in [0.2, 0.25) is 0 Å². The quantitative estimate of drug-likeness (QED) is 0.781. The van der Waals surface area contributed by atoms with Crippen molar-refractivity contribution in [3.8, 4) is 11.4 Å². The highest BCUT2D eigenvalue weighted by Gasteiger charge is 2.20. The van der Waals surface area contributed by atoms with Gasteiger partial charge in [0.25, 0.3) is 0 Å². The van der Waals surface area contributed by atoms with Gasteiger partial charge in [-0.2, -0.15) is 4.52 Å². The molecule has 0 unspecified atom stereocenters. The van der Waals surface area contributed by atoms with E-state index < -0.39 is 18.3 Å².